The van der Waals surface area contributed by atoms with Gasteiger partial charge in [-0.1, -0.05) is 42.5 Å². The number of hydrogen-bond acceptors (Lipinski definition) is 3. The second kappa shape index (κ2) is 6.18. The van der Waals surface area contributed by atoms with Gasteiger partial charge in [0.2, 0.25) is 0 Å². The van der Waals surface area contributed by atoms with Gasteiger partial charge in [0.1, 0.15) is 5.75 Å². The van der Waals surface area contributed by atoms with Gasteiger partial charge >= 0.3 is 0 Å². The smallest absolute Gasteiger partial charge is 0.264 e. The van der Waals surface area contributed by atoms with Gasteiger partial charge in [0, 0.05) is 5.56 Å². The van der Waals surface area contributed by atoms with Gasteiger partial charge in [-0.05, 0) is 48.4 Å². The van der Waals surface area contributed by atoms with E-state index in [4.69, 9.17) is 4.74 Å². The highest BCUT2D eigenvalue weighted by molar-refractivity contribution is 7.92. The summed E-state index contributed by atoms with van der Waals surface area (Å²) >= 11 is 0. The minimum Gasteiger partial charge on any atom is -0.497 e. The third-order valence-electron chi connectivity index (χ3n) is 4.81. The van der Waals surface area contributed by atoms with Crippen LogP contribution in [0.25, 0.3) is 11.1 Å². The van der Waals surface area contributed by atoms with E-state index in [0.717, 1.165) is 16.7 Å². The molecular formula is C21H19NO3S. The fraction of sp³-hybridized carbons (Fsp3) is 0.143. The summed E-state index contributed by atoms with van der Waals surface area (Å²) in [5.74, 6) is 0.626. The summed E-state index contributed by atoms with van der Waals surface area (Å²) < 4.78 is 33.6. The molecule has 0 bridgehead atoms. The lowest BCUT2D eigenvalue weighted by atomic mass is 9.90. The molecule has 0 aliphatic carbocycles. The summed E-state index contributed by atoms with van der Waals surface area (Å²) in [7, 11) is -2.16. The molecule has 0 saturated carbocycles. The van der Waals surface area contributed by atoms with Gasteiger partial charge in [0.05, 0.1) is 23.7 Å². The van der Waals surface area contributed by atoms with Gasteiger partial charge in [-0.15, -0.1) is 0 Å². The molecule has 0 N–H and O–H groups in total. The molecule has 0 unspecified atom stereocenters. The van der Waals surface area contributed by atoms with Crippen LogP contribution in [0.2, 0.25) is 0 Å². The number of rotatable bonds is 3. The van der Waals surface area contributed by atoms with E-state index >= 15 is 0 Å². The van der Waals surface area contributed by atoms with Gasteiger partial charge in [-0.25, -0.2) is 8.42 Å². The molecular weight excluding hydrogens is 346 g/mol. The molecule has 1 aliphatic rings. The normalized spacial score (nSPS) is 15.9. The number of anilines is 1. The number of methoxy groups -OCH3 is 1. The number of benzene rings is 3. The number of hydrogen-bond donors (Lipinski definition) is 0. The lowest BCUT2D eigenvalue weighted by Crippen LogP contribution is -2.36. The van der Waals surface area contributed by atoms with Crippen LogP contribution in [0.5, 0.6) is 5.75 Å². The first-order valence-electron chi connectivity index (χ1n) is 8.41. The standard InChI is InChI=1S/C21H19NO3S/c1-15-18-7-3-4-8-19(18)20-9-5-6-10-21(20)22(15)26(23,24)17-13-11-16(25-2)12-14-17/h3-15H,1-2H3/t15-/m1/s1. The van der Waals surface area contributed by atoms with Crippen LogP contribution in [0.3, 0.4) is 0 Å². The average Bonchev–Trinajstić information content (AvgIpc) is 2.68. The first kappa shape index (κ1) is 16.7. The molecule has 0 radical (unpaired) electrons. The van der Waals surface area contributed by atoms with E-state index in [1.54, 1.807) is 31.4 Å². The lowest BCUT2D eigenvalue weighted by Gasteiger charge is -2.37. The van der Waals surface area contributed by atoms with Crippen LogP contribution in [0.15, 0.2) is 77.7 Å². The van der Waals surface area contributed by atoms with E-state index in [9.17, 15) is 8.42 Å². The Hall–Kier alpha value is -2.79. The second-order valence-corrected chi connectivity index (χ2v) is 8.07. The predicted octanol–water partition coefficient (Wildman–Crippen LogP) is 4.63. The van der Waals surface area contributed by atoms with Crippen molar-refractivity contribution in [2.75, 3.05) is 11.4 Å². The Bertz CT molecular complexity index is 1060. The summed E-state index contributed by atoms with van der Waals surface area (Å²) in [5.41, 5.74) is 3.72. The van der Waals surface area contributed by atoms with E-state index in [2.05, 4.69) is 0 Å². The van der Waals surface area contributed by atoms with Crippen molar-refractivity contribution in [3.05, 3.63) is 78.4 Å². The number of para-hydroxylation sites is 1. The van der Waals surface area contributed by atoms with Crippen LogP contribution in [0.4, 0.5) is 5.69 Å². The zero-order chi connectivity index (χ0) is 18.3. The fourth-order valence-electron chi connectivity index (χ4n) is 3.53. The Morgan fingerprint density at radius 3 is 2.15 bits per heavy atom. The molecule has 1 aliphatic heterocycles. The van der Waals surface area contributed by atoms with Crippen LogP contribution in [0, 0.1) is 0 Å². The Balaban J connectivity index is 1.91. The van der Waals surface area contributed by atoms with Crippen LogP contribution >= 0.6 is 0 Å². The molecule has 3 aromatic carbocycles. The van der Waals surface area contributed by atoms with Crippen LogP contribution in [-0.2, 0) is 10.0 Å². The van der Waals surface area contributed by atoms with Crippen molar-refractivity contribution in [1.82, 2.24) is 0 Å². The molecule has 3 aromatic rings. The number of sulfonamides is 1. The van der Waals surface area contributed by atoms with Gasteiger partial charge < -0.3 is 4.74 Å². The average molecular weight is 365 g/mol. The molecule has 4 rings (SSSR count). The van der Waals surface area contributed by atoms with Crippen molar-refractivity contribution in [3.8, 4) is 16.9 Å². The largest absolute Gasteiger partial charge is 0.497 e. The molecule has 0 fully saturated rings. The molecule has 0 saturated heterocycles. The number of fused-ring (bicyclic) bond motifs is 3. The van der Waals surface area contributed by atoms with Crippen molar-refractivity contribution in [1.29, 1.82) is 0 Å². The van der Waals surface area contributed by atoms with E-state index < -0.39 is 10.0 Å². The molecule has 0 amide bonds. The highest BCUT2D eigenvalue weighted by atomic mass is 32.2. The maximum absolute atomic E-state index is 13.5. The number of ether oxygens (including phenoxy) is 1. The summed E-state index contributed by atoms with van der Waals surface area (Å²) in [6, 6.07) is 21.8. The van der Waals surface area contributed by atoms with Crippen molar-refractivity contribution in [2.24, 2.45) is 0 Å². The third-order valence-corrected chi connectivity index (χ3v) is 6.71. The van der Waals surface area contributed by atoms with Crippen molar-refractivity contribution >= 4 is 15.7 Å². The van der Waals surface area contributed by atoms with Crippen LogP contribution in [0.1, 0.15) is 18.5 Å². The molecule has 5 heteroatoms. The van der Waals surface area contributed by atoms with E-state index in [0.29, 0.717) is 11.4 Å². The number of nitrogens with zero attached hydrogens (tertiary/aromatic N) is 1. The minimum atomic E-state index is -3.71. The summed E-state index contributed by atoms with van der Waals surface area (Å²) in [5, 5.41) is 0. The first-order valence-corrected chi connectivity index (χ1v) is 9.85. The Morgan fingerprint density at radius 2 is 1.46 bits per heavy atom. The Labute approximate surface area is 153 Å². The van der Waals surface area contributed by atoms with Gasteiger partial charge in [0.15, 0.2) is 0 Å². The molecule has 0 spiro atoms. The van der Waals surface area contributed by atoms with Gasteiger partial charge in [0.25, 0.3) is 10.0 Å². The minimum absolute atomic E-state index is 0.249. The molecule has 1 heterocycles. The third kappa shape index (κ3) is 2.47. The zero-order valence-electron chi connectivity index (χ0n) is 14.6. The maximum atomic E-state index is 13.5. The maximum Gasteiger partial charge on any atom is 0.264 e. The SMILES string of the molecule is COc1ccc(S(=O)(=O)N2c3ccccc3-c3ccccc3[C@H]2C)cc1. The highest BCUT2D eigenvalue weighted by Crippen LogP contribution is 2.46. The zero-order valence-corrected chi connectivity index (χ0v) is 15.4. The highest BCUT2D eigenvalue weighted by Gasteiger charge is 2.36. The molecule has 132 valence electrons. The van der Waals surface area contributed by atoms with Crippen molar-refractivity contribution in [3.63, 3.8) is 0 Å². The van der Waals surface area contributed by atoms with E-state index in [-0.39, 0.29) is 10.9 Å². The quantitative estimate of drug-likeness (QED) is 0.680. The molecule has 0 aromatic heterocycles. The predicted molar refractivity (Wildman–Crippen MR) is 103 cm³/mol. The van der Waals surface area contributed by atoms with Gasteiger partial charge in [-0.2, -0.15) is 0 Å². The molecule has 26 heavy (non-hydrogen) atoms. The van der Waals surface area contributed by atoms with Crippen molar-refractivity contribution < 1.29 is 13.2 Å². The van der Waals surface area contributed by atoms with Crippen LogP contribution < -0.4 is 9.04 Å². The first-order chi connectivity index (χ1) is 12.5. The van der Waals surface area contributed by atoms with Crippen molar-refractivity contribution in [2.45, 2.75) is 17.9 Å². The summed E-state index contributed by atoms with van der Waals surface area (Å²) in [4.78, 5) is 0.249. The fourth-order valence-corrected chi connectivity index (χ4v) is 5.19. The molecule has 1 atom stereocenters. The van der Waals surface area contributed by atoms with E-state index in [1.165, 1.54) is 4.31 Å². The van der Waals surface area contributed by atoms with Gasteiger partial charge in [-0.3, -0.25) is 4.31 Å². The monoisotopic (exact) mass is 365 g/mol. The summed E-state index contributed by atoms with van der Waals surface area (Å²) in [6.07, 6.45) is 0. The second-order valence-electron chi connectivity index (χ2n) is 6.26. The topological polar surface area (TPSA) is 46.6 Å². The van der Waals surface area contributed by atoms with Crippen LogP contribution in [-0.4, -0.2) is 15.5 Å². The lowest BCUT2D eigenvalue weighted by molar-refractivity contribution is 0.414. The van der Waals surface area contributed by atoms with E-state index in [1.807, 2.05) is 55.5 Å². The summed E-state index contributed by atoms with van der Waals surface area (Å²) in [6.45, 7) is 1.93. The Morgan fingerprint density at radius 1 is 0.846 bits per heavy atom. The molecule has 4 nitrogen and oxygen atoms in total. The Kier molecular flexibility index (Phi) is 3.96.